The molecule has 2 aromatic carbocycles. The number of benzene rings is 2. The normalized spacial score (nSPS) is 12.0. The lowest BCUT2D eigenvalue weighted by Crippen LogP contribution is -2.28. The minimum atomic E-state index is -0.297. The van der Waals surface area contributed by atoms with Crippen LogP contribution in [-0.4, -0.2) is 10.9 Å². The first-order valence-corrected chi connectivity index (χ1v) is 9.44. The Bertz CT molecular complexity index is 896. The molecule has 3 nitrogen and oxygen atoms in total. The molecule has 0 aliphatic heterocycles. The van der Waals surface area contributed by atoms with Crippen LogP contribution in [0.2, 0.25) is 0 Å². The molecule has 3 rings (SSSR count). The number of halogens is 2. The lowest BCUT2D eigenvalue weighted by Gasteiger charge is -2.15. The first-order chi connectivity index (χ1) is 12.0. The largest absolute Gasteiger partial charge is 0.349 e. The molecular formula is C19H16BrFN2OS. The lowest BCUT2D eigenvalue weighted by atomic mass is 10.1. The number of nitrogens with zero attached hydrogens (tertiary/aromatic N) is 1. The molecule has 1 heterocycles. The average molecular weight is 419 g/mol. The van der Waals surface area contributed by atoms with Crippen molar-refractivity contribution in [3.8, 4) is 10.6 Å². The highest BCUT2D eigenvalue weighted by Crippen LogP contribution is 2.25. The summed E-state index contributed by atoms with van der Waals surface area (Å²) in [6, 6.07) is 14.0. The molecule has 6 heteroatoms. The maximum absolute atomic E-state index is 13.3. The van der Waals surface area contributed by atoms with E-state index in [4.69, 9.17) is 0 Å². The molecule has 1 amide bonds. The van der Waals surface area contributed by atoms with Gasteiger partial charge in [0.1, 0.15) is 10.8 Å². The summed E-state index contributed by atoms with van der Waals surface area (Å²) in [5.74, 6) is -0.395. The summed E-state index contributed by atoms with van der Waals surface area (Å²) >= 11 is 4.90. The minimum absolute atomic E-state index is 0.0978. The van der Waals surface area contributed by atoms with Crippen LogP contribution in [0, 0.1) is 5.82 Å². The van der Waals surface area contributed by atoms with E-state index in [0.717, 1.165) is 15.6 Å². The number of hydrogen-bond acceptors (Lipinski definition) is 3. The number of rotatable bonds is 5. The van der Waals surface area contributed by atoms with E-state index < -0.39 is 0 Å². The zero-order chi connectivity index (χ0) is 17.8. The summed E-state index contributed by atoms with van der Waals surface area (Å²) in [6.07, 6.45) is 0.195. The first-order valence-electron chi connectivity index (χ1n) is 7.77. The van der Waals surface area contributed by atoms with Crippen LogP contribution < -0.4 is 5.32 Å². The maximum Gasteiger partial charge on any atom is 0.226 e. The number of carbonyl (C=O) groups excluding carboxylic acids is 1. The van der Waals surface area contributed by atoms with Crippen molar-refractivity contribution in [1.29, 1.82) is 0 Å². The fraction of sp³-hybridized carbons (Fsp3) is 0.158. The Kier molecular flexibility index (Phi) is 5.60. The molecule has 0 spiro atoms. The Morgan fingerprint density at radius 1 is 1.28 bits per heavy atom. The van der Waals surface area contributed by atoms with Crippen LogP contribution in [0.25, 0.3) is 10.6 Å². The molecule has 3 aromatic rings. The number of aromatic nitrogens is 1. The molecule has 1 atom stereocenters. The summed E-state index contributed by atoms with van der Waals surface area (Å²) in [7, 11) is 0. The van der Waals surface area contributed by atoms with E-state index in [2.05, 4.69) is 26.2 Å². The van der Waals surface area contributed by atoms with Gasteiger partial charge in [-0.15, -0.1) is 11.3 Å². The summed E-state index contributed by atoms with van der Waals surface area (Å²) in [5.41, 5.74) is 2.42. The van der Waals surface area contributed by atoms with Crippen LogP contribution >= 0.6 is 27.3 Å². The van der Waals surface area contributed by atoms with Crippen molar-refractivity contribution in [3.63, 3.8) is 0 Å². The van der Waals surface area contributed by atoms with Gasteiger partial charge in [0.2, 0.25) is 5.91 Å². The molecule has 0 saturated heterocycles. The molecule has 0 aliphatic carbocycles. The van der Waals surface area contributed by atoms with Crippen molar-refractivity contribution in [2.45, 2.75) is 19.4 Å². The number of amides is 1. The van der Waals surface area contributed by atoms with Gasteiger partial charge in [0, 0.05) is 15.4 Å². The summed E-state index contributed by atoms with van der Waals surface area (Å²) in [4.78, 5) is 16.7. The molecule has 128 valence electrons. The van der Waals surface area contributed by atoms with Crippen molar-refractivity contribution >= 4 is 33.2 Å². The van der Waals surface area contributed by atoms with E-state index in [-0.39, 0.29) is 24.2 Å². The lowest BCUT2D eigenvalue weighted by molar-refractivity contribution is -0.121. The van der Waals surface area contributed by atoms with Gasteiger partial charge in [-0.3, -0.25) is 4.79 Å². The van der Waals surface area contributed by atoms with Crippen molar-refractivity contribution < 1.29 is 9.18 Å². The third kappa shape index (κ3) is 4.52. The van der Waals surface area contributed by atoms with E-state index >= 15 is 0 Å². The van der Waals surface area contributed by atoms with Gasteiger partial charge in [-0.1, -0.05) is 46.3 Å². The zero-order valence-electron chi connectivity index (χ0n) is 13.5. The van der Waals surface area contributed by atoms with E-state index in [0.29, 0.717) is 10.7 Å². The van der Waals surface area contributed by atoms with E-state index in [1.165, 1.54) is 23.5 Å². The molecular weight excluding hydrogens is 403 g/mol. The summed E-state index contributed by atoms with van der Waals surface area (Å²) < 4.78 is 14.3. The van der Waals surface area contributed by atoms with Crippen molar-refractivity contribution in [2.24, 2.45) is 0 Å². The number of hydrogen-bond donors (Lipinski definition) is 1. The average Bonchev–Trinajstić information content (AvgIpc) is 3.03. The van der Waals surface area contributed by atoms with Gasteiger partial charge in [0.25, 0.3) is 0 Å². The standard InChI is InChI=1S/C19H16BrFN2OS/c1-12(16-7-2-3-8-17(16)20)22-18(24)10-15-11-25-19(23-15)13-5-4-6-14(21)9-13/h2-9,11-12H,10H2,1H3,(H,22,24). The molecule has 0 bridgehead atoms. The fourth-order valence-corrected chi connectivity index (χ4v) is 3.95. The topological polar surface area (TPSA) is 42.0 Å². The fourth-order valence-electron chi connectivity index (χ4n) is 2.50. The third-order valence-corrected chi connectivity index (χ3v) is 5.38. The van der Waals surface area contributed by atoms with Crippen LogP contribution in [0.1, 0.15) is 24.2 Å². The second-order valence-corrected chi connectivity index (χ2v) is 7.35. The molecule has 1 aromatic heterocycles. The highest BCUT2D eigenvalue weighted by molar-refractivity contribution is 9.10. The Morgan fingerprint density at radius 3 is 2.84 bits per heavy atom. The smallest absolute Gasteiger partial charge is 0.226 e. The maximum atomic E-state index is 13.3. The van der Waals surface area contributed by atoms with Crippen molar-refractivity contribution in [3.05, 3.63) is 75.5 Å². The van der Waals surface area contributed by atoms with Gasteiger partial charge in [0.05, 0.1) is 18.2 Å². The number of carbonyl (C=O) groups is 1. The van der Waals surface area contributed by atoms with E-state index in [9.17, 15) is 9.18 Å². The highest BCUT2D eigenvalue weighted by Gasteiger charge is 2.14. The second-order valence-electron chi connectivity index (χ2n) is 5.64. The van der Waals surface area contributed by atoms with Gasteiger partial charge < -0.3 is 5.32 Å². The van der Waals surface area contributed by atoms with Crippen LogP contribution in [0.5, 0.6) is 0 Å². The number of thiazole rings is 1. The predicted molar refractivity (Wildman–Crippen MR) is 102 cm³/mol. The quantitative estimate of drug-likeness (QED) is 0.623. The van der Waals surface area contributed by atoms with Crippen LogP contribution in [-0.2, 0) is 11.2 Å². The van der Waals surface area contributed by atoms with Crippen molar-refractivity contribution in [1.82, 2.24) is 10.3 Å². The van der Waals surface area contributed by atoms with Gasteiger partial charge in [-0.2, -0.15) is 0 Å². The monoisotopic (exact) mass is 418 g/mol. The van der Waals surface area contributed by atoms with Gasteiger partial charge in [0.15, 0.2) is 0 Å². The minimum Gasteiger partial charge on any atom is -0.349 e. The molecule has 0 radical (unpaired) electrons. The molecule has 1 N–H and O–H groups in total. The van der Waals surface area contributed by atoms with Gasteiger partial charge in [-0.25, -0.2) is 9.37 Å². The SMILES string of the molecule is CC(NC(=O)Cc1csc(-c2cccc(F)c2)n1)c1ccccc1Br. The van der Waals surface area contributed by atoms with Crippen molar-refractivity contribution in [2.75, 3.05) is 0 Å². The molecule has 25 heavy (non-hydrogen) atoms. The highest BCUT2D eigenvalue weighted by atomic mass is 79.9. The third-order valence-electron chi connectivity index (χ3n) is 3.71. The summed E-state index contributed by atoms with van der Waals surface area (Å²) in [6.45, 7) is 1.94. The first kappa shape index (κ1) is 17.8. The molecule has 0 saturated carbocycles. The second kappa shape index (κ2) is 7.89. The Labute approximate surface area is 158 Å². The van der Waals surface area contributed by atoms with Crippen LogP contribution in [0.4, 0.5) is 4.39 Å². The number of nitrogens with one attached hydrogen (secondary N) is 1. The molecule has 0 fully saturated rings. The van der Waals surface area contributed by atoms with Gasteiger partial charge >= 0.3 is 0 Å². The Morgan fingerprint density at radius 2 is 2.08 bits per heavy atom. The predicted octanol–water partition coefficient (Wildman–Crippen LogP) is 5.13. The molecule has 1 unspecified atom stereocenters. The molecule has 0 aliphatic rings. The van der Waals surface area contributed by atoms with Crippen LogP contribution in [0.3, 0.4) is 0 Å². The zero-order valence-corrected chi connectivity index (χ0v) is 15.9. The van der Waals surface area contributed by atoms with Gasteiger partial charge in [-0.05, 0) is 30.7 Å². The van der Waals surface area contributed by atoms with E-state index in [1.807, 2.05) is 36.6 Å². The summed E-state index contributed by atoms with van der Waals surface area (Å²) in [5, 5.41) is 5.52. The van der Waals surface area contributed by atoms with Crippen LogP contribution in [0.15, 0.2) is 58.4 Å². The Hall–Kier alpha value is -2.05. The van der Waals surface area contributed by atoms with E-state index in [1.54, 1.807) is 12.1 Å². The Balaban J connectivity index is 1.65.